The Hall–Kier alpha value is -2.57. The number of amidine groups is 1. The monoisotopic (exact) mass is 368 g/mol. The maximum Gasteiger partial charge on any atom is 0.122 e. The van der Waals surface area contributed by atoms with Gasteiger partial charge in [-0.25, -0.2) is 0 Å². The molecule has 0 unspecified atom stereocenters. The Bertz CT molecular complexity index is 746. The third-order valence-electron chi connectivity index (χ3n) is 4.95. The number of hydrogen-bond donors (Lipinski definition) is 2. The van der Waals surface area contributed by atoms with Crippen molar-refractivity contribution in [1.29, 1.82) is 5.41 Å². The quantitative estimate of drug-likeness (QED) is 0.579. The van der Waals surface area contributed by atoms with Crippen molar-refractivity contribution in [3.8, 4) is 11.5 Å². The minimum atomic E-state index is 0.115. The topological polar surface area (TPSA) is 74.8 Å². The molecule has 2 aromatic rings. The Balaban J connectivity index is 1.52. The summed E-state index contributed by atoms with van der Waals surface area (Å²) in [5.41, 5.74) is 8.75. The molecule has 0 atom stereocenters. The van der Waals surface area contributed by atoms with Gasteiger partial charge in [-0.2, -0.15) is 0 Å². The first-order valence-electron chi connectivity index (χ1n) is 9.17. The molecule has 3 N–H and O–H groups in total. The highest BCUT2D eigenvalue weighted by Gasteiger charge is 2.17. The Labute approximate surface area is 161 Å². The molecule has 6 heteroatoms. The molecular formula is C21H28N4O2. The molecule has 0 radical (unpaired) electrons. The van der Waals surface area contributed by atoms with Crippen LogP contribution in [0.25, 0.3) is 0 Å². The lowest BCUT2D eigenvalue weighted by atomic mass is 10.1. The average Bonchev–Trinajstić information content (AvgIpc) is 2.69. The van der Waals surface area contributed by atoms with Crippen LogP contribution in [0.2, 0.25) is 0 Å². The maximum absolute atomic E-state index is 7.47. The van der Waals surface area contributed by atoms with Gasteiger partial charge < -0.3 is 15.2 Å². The van der Waals surface area contributed by atoms with E-state index in [0.29, 0.717) is 0 Å². The van der Waals surface area contributed by atoms with Gasteiger partial charge in [0.2, 0.25) is 0 Å². The summed E-state index contributed by atoms with van der Waals surface area (Å²) in [7, 11) is 3.36. The van der Waals surface area contributed by atoms with Crippen molar-refractivity contribution >= 4 is 5.84 Å². The summed E-state index contributed by atoms with van der Waals surface area (Å²) in [6, 6.07) is 14.0. The zero-order chi connectivity index (χ0) is 19.2. The molecule has 6 nitrogen and oxygen atoms in total. The molecule has 1 fully saturated rings. The predicted molar refractivity (Wildman–Crippen MR) is 108 cm³/mol. The van der Waals surface area contributed by atoms with Crippen LogP contribution in [0.4, 0.5) is 0 Å². The normalized spacial score (nSPS) is 15.5. The molecule has 0 spiro atoms. The molecule has 27 heavy (non-hydrogen) atoms. The Morgan fingerprint density at radius 2 is 1.33 bits per heavy atom. The van der Waals surface area contributed by atoms with Crippen molar-refractivity contribution < 1.29 is 9.47 Å². The highest BCUT2D eigenvalue weighted by molar-refractivity contribution is 5.94. The predicted octanol–water partition coefficient (Wildman–Crippen LogP) is 2.31. The number of nitrogens with zero attached hydrogens (tertiary/aromatic N) is 2. The number of methoxy groups -OCH3 is 2. The molecular weight excluding hydrogens is 340 g/mol. The highest BCUT2D eigenvalue weighted by atomic mass is 16.5. The number of piperazine rings is 1. The fourth-order valence-electron chi connectivity index (χ4n) is 3.37. The first-order valence-corrected chi connectivity index (χ1v) is 9.17. The number of hydrogen-bond acceptors (Lipinski definition) is 5. The van der Waals surface area contributed by atoms with Gasteiger partial charge in [-0.1, -0.05) is 24.3 Å². The van der Waals surface area contributed by atoms with Crippen molar-refractivity contribution in [2.45, 2.75) is 13.1 Å². The molecule has 2 aromatic carbocycles. The van der Waals surface area contributed by atoms with E-state index < -0.39 is 0 Å². The number of benzene rings is 2. The lowest BCUT2D eigenvalue weighted by Crippen LogP contribution is -2.45. The highest BCUT2D eigenvalue weighted by Crippen LogP contribution is 2.24. The van der Waals surface area contributed by atoms with E-state index in [1.165, 1.54) is 11.1 Å². The maximum atomic E-state index is 7.47. The van der Waals surface area contributed by atoms with Crippen LogP contribution in [-0.4, -0.2) is 56.0 Å². The van der Waals surface area contributed by atoms with Crippen LogP contribution in [0.3, 0.4) is 0 Å². The molecule has 0 amide bonds. The molecule has 0 aliphatic carbocycles. The molecule has 1 heterocycles. The third-order valence-corrected chi connectivity index (χ3v) is 4.95. The van der Waals surface area contributed by atoms with Crippen LogP contribution in [-0.2, 0) is 13.1 Å². The Morgan fingerprint density at radius 1 is 0.852 bits per heavy atom. The van der Waals surface area contributed by atoms with Gasteiger partial charge in [0.05, 0.1) is 14.2 Å². The van der Waals surface area contributed by atoms with Crippen molar-refractivity contribution in [1.82, 2.24) is 9.80 Å². The van der Waals surface area contributed by atoms with E-state index in [9.17, 15) is 0 Å². The Kier molecular flexibility index (Phi) is 6.32. The minimum Gasteiger partial charge on any atom is -0.497 e. The minimum absolute atomic E-state index is 0.115. The average molecular weight is 368 g/mol. The summed E-state index contributed by atoms with van der Waals surface area (Å²) in [5.74, 6) is 1.78. The smallest absolute Gasteiger partial charge is 0.122 e. The largest absolute Gasteiger partial charge is 0.497 e. The van der Waals surface area contributed by atoms with Crippen LogP contribution in [0.15, 0.2) is 42.5 Å². The van der Waals surface area contributed by atoms with Crippen LogP contribution in [0.1, 0.15) is 16.7 Å². The van der Waals surface area contributed by atoms with Crippen molar-refractivity contribution in [2.75, 3.05) is 40.4 Å². The van der Waals surface area contributed by atoms with E-state index in [2.05, 4.69) is 34.1 Å². The SMILES string of the molecule is COc1cc(CN2CCN(Cc3ccc(C(=N)N)cc3)CC2)cc(OC)c1. The standard InChI is InChI=1S/C21H28N4O2/c1-26-19-11-17(12-20(13-19)27-2)15-25-9-7-24(8-10-25)14-16-3-5-18(6-4-16)21(22)23/h3-6,11-13H,7-10,14-15H2,1-2H3,(H3,22,23). The second-order valence-corrected chi connectivity index (χ2v) is 6.88. The van der Waals surface area contributed by atoms with Gasteiger partial charge in [-0.15, -0.1) is 0 Å². The van der Waals surface area contributed by atoms with Crippen molar-refractivity contribution in [3.05, 3.63) is 59.2 Å². The van der Waals surface area contributed by atoms with Crippen molar-refractivity contribution in [3.63, 3.8) is 0 Å². The lowest BCUT2D eigenvalue weighted by molar-refractivity contribution is 0.122. The van der Waals surface area contributed by atoms with Gasteiger partial charge >= 0.3 is 0 Å². The third kappa shape index (κ3) is 5.21. The van der Waals surface area contributed by atoms with Crippen LogP contribution >= 0.6 is 0 Å². The number of nitrogens with two attached hydrogens (primary N) is 1. The van der Waals surface area contributed by atoms with E-state index in [1.54, 1.807) is 14.2 Å². The second-order valence-electron chi connectivity index (χ2n) is 6.88. The van der Waals surface area contributed by atoms with E-state index in [-0.39, 0.29) is 5.84 Å². The molecule has 1 saturated heterocycles. The second kappa shape index (κ2) is 8.88. The van der Waals surface area contributed by atoms with Gasteiger partial charge in [0, 0.05) is 50.9 Å². The fourth-order valence-corrected chi connectivity index (χ4v) is 3.37. The molecule has 0 aromatic heterocycles. The van der Waals surface area contributed by atoms with Crippen molar-refractivity contribution in [2.24, 2.45) is 5.73 Å². The molecule has 1 aliphatic rings. The zero-order valence-electron chi connectivity index (χ0n) is 16.1. The Morgan fingerprint density at radius 3 is 1.78 bits per heavy atom. The van der Waals surface area contributed by atoms with E-state index in [0.717, 1.165) is 56.3 Å². The van der Waals surface area contributed by atoms with Gasteiger partial charge in [-0.05, 0) is 23.3 Å². The summed E-state index contributed by atoms with van der Waals surface area (Å²) >= 11 is 0. The van der Waals surface area contributed by atoms with Gasteiger partial charge in [-0.3, -0.25) is 15.2 Å². The molecule has 0 bridgehead atoms. The van der Waals surface area contributed by atoms with Gasteiger partial charge in [0.25, 0.3) is 0 Å². The van der Waals surface area contributed by atoms with E-state index in [4.69, 9.17) is 20.6 Å². The van der Waals surface area contributed by atoms with Gasteiger partial charge in [0.15, 0.2) is 0 Å². The number of nitrogen functional groups attached to an aromatic ring is 1. The molecule has 0 saturated carbocycles. The fraction of sp³-hybridized carbons (Fsp3) is 0.381. The molecule has 144 valence electrons. The summed E-state index contributed by atoms with van der Waals surface area (Å²) < 4.78 is 10.7. The van der Waals surface area contributed by atoms with E-state index in [1.807, 2.05) is 18.2 Å². The lowest BCUT2D eigenvalue weighted by Gasteiger charge is -2.34. The number of nitrogens with one attached hydrogen (secondary N) is 1. The number of rotatable bonds is 7. The first kappa shape index (κ1) is 19.2. The summed E-state index contributed by atoms with van der Waals surface area (Å²) in [4.78, 5) is 4.93. The van der Waals surface area contributed by atoms with Crippen LogP contribution in [0, 0.1) is 5.41 Å². The van der Waals surface area contributed by atoms with Gasteiger partial charge in [0.1, 0.15) is 17.3 Å². The summed E-state index contributed by atoms with van der Waals surface area (Å²) in [6.07, 6.45) is 0. The van der Waals surface area contributed by atoms with Crippen LogP contribution in [0.5, 0.6) is 11.5 Å². The van der Waals surface area contributed by atoms with Crippen LogP contribution < -0.4 is 15.2 Å². The summed E-state index contributed by atoms with van der Waals surface area (Å²) in [6.45, 7) is 5.97. The zero-order valence-corrected chi connectivity index (χ0v) is 16.1. The molecule has 3 rings (SSSR count). The van der Waals surface area contributed by atoms with E-state index >= 15 is 0 Å². The summed E-state index contributed by atoms with van der Waals surface area (Å²) in [5, 5.41) is 7.47. The number of ether oxygens (including phenoxy) is 2. The molecule has 1 aliphatic heterocycles. The first-order chi connectivity index (χ1) is 13.1.